The van der Waals surface area contributed by atoms with E-state index in [1.54, 1.807) is 0 Å². The standard InChI is InChI=1S/C12H8F2N2OS/c13-7-1-2-9(14)10(5-7)17-11-6-16-4-3-8(11)12(15)18/h1-6H,(H2,15,18). The lowest BCUT2D eigenvalue weighted by molar-refractivity contribution is 0.434. The number of nitrogens with two attached hydrogens (primary N) is 1. The van der Waals surface area contributed by atoms with E-state index in [0.29, 0.717) is 5.56 Å². The first-order chi connectivity index (χ1) is 8.58. The number of ether oxygens (including phenoxy) is 1. The summed E-state index contributed by atoms with van der Waals surface area (Å²) in [5.41, 5.74) is 5.90. The molecule has 2 aromatic rings. The molecule has 2 N–H and O–H groups in total. The number of hydrogen-bond acceptors (Lipinski definition) is 3. The highest BCUT2D eigenvalue weighted by Gasteiger charge is 2.11. The monoisotopic (exact) mass is 266 g/mol. The van der Waals surface area contributed by atoms with Crippen molar-refractivity contribution in [3.63, 3.8) is 0 Å². The van der Waals surface area contributed by atoms with Crippen molar-refractivity contribution in [2.24, 2.45) is 5.73 Å². The van der Waals surface area contributed by atoms with Gasteiger partial charge in [-0.05, 0) is 18.2 Å². The molecule has 0 bridgehead atoms. The van der Waals surface area contributed by atoms with Crippen LogP contribution in [0.25, 0.3) is 0 Å². The summed E-state index contributed by atoms with van der Waals surface area (Å²) < 4.78 is 31.6. The van der Waals surface area contributed by atoms with Crippen LogP contribution in [0.3, 0.4) is 0 Å². The second kappa shape index (κ2) is 5.05. The number of halogens is 2. The van der Waals surface area contributed by atoms with Gasteiger partial charge in [0.2, 0.25) is 0 Å². The minimum absolute atomic E-state index is 0.0872. The van der Waals surface area contributed by atoms with Gasteiger partial charge in [0, 0.05) is 12.3 Å². The predicted octanol–water partition coefficient (Wildman–Crippen LogP) is 2.79. The molecule has 6 heteroatoms. The Balaban J connectivity index is 2.40. The smallest absolute Gasteiger partial charge is 0.166 e. The van der Waals surface area contributed by atoms with Crippen LogP contribution in [0.1, 0.15) is 5.56 Å². The molecule has 0 fully saturated rings. The number of aromatic nitrogens is 1. The Kier molecular flexibility index (Phi) is 3.47. The number of pyridine rings is 1. The number of nitrogens with zero attached hydrogens (tertiary/aromatic N) is 1. The Bertz CT molecular complexity index is 604. The second-order valence-corrected chi connectivity index (χ2v) is 3.85. The van der Waals surface area contributed by atoms with Crippen molar-refractivity contribution in [3.8, 4) is 11.5 Å². The highest BCUT2D eigenvalue weighted by atomic mass is 32.1. The molecule has 0 spiro atoms. The van der Waals surface area contributed by atoms with E-state index in [1.807, 2.05) is 0 Å². The summed E-state index contributed by atoms with van der Waals surface area (Å²) in [6, 6.07) is 4.45. The quantitative estimate of drug-likeness (QED) is 0.868. The molecule has 0 saturated heterocycles. The van der Waals surface area contributed by atoms with E-state index in [-0.39, 0.29) is 16.5 Å². The molecule has 0 saturated carbocycles. The third-order valence-corrected chi connectivity index (χ3v) is 2.38. The highest BCUT2D eigenvalue weighted by molar-refractivity contribution is 7.80. The Labute approximate surface area is 107 Å². The van der Waals surface area contributed by atoms with E-state index in [4.69, 9.17) is 22.7 Å². The molecule has 0 unspecified atom stereocenters. The van der Waals surface area contributed by atoms with Crippen LogP contribution in [0, 0.1) is 11.6 Å². The molecule has 18 heavy (non-hydrogen) atoms. The summed E-state index contributed by atoms with van der Waals surface area (Å²) in [4.78, 5) is 3.91. The Hall–Kier alpha value is -2.08. The van der Waals surface area contributed by atoms with Crippen molar-refractivity contribution in [2.75, 3.05) is 0 Å². The second-order valence-electron chi connectivity index (χ2n) is 3.41. The van der Waals surface area contributed by atoms with Crippen molar-refractivity contribution < 1.29 is 13.5 Å². The Morgan fingerprint density at radius 2 is 2.00 bits per heavy atom. The topological polar surface area (TPSA) is 48.1 Å². The fourth-order valence-corrected chi connectivity index (χ4v) is 1.51. The predicted molar refractivity (Wildman–Crippen MR) is 66.6 cm³/mol. The van der Waals surface area contributed by atoms with E-state index in [0.717, 1.165) is 18.2 Å². The van der Waals surface area contributed by atoms with E-state index in [2.05, 4.69) is 4.98 Å². The van der Waals surface area contributed by atoms with Gasteiger partial charge >= 0.3 is 0 Å². The van der Waals surface area contributed by atoms with Gasteiger partial charge in [-0.2, -0.15) is 0 Å². The van der Waals surface area contributed by atoms with E-state index in [9.17, 15) is 8.78 Å². The molecule has 0 radical (unpaired) electrons. The number of benzene rings is 1. The average molecular weight is 266 g/mol. The van der Waals surface area contributed by atoms with Gasteiger partial charge in [0.05, 0.1) is 11.8 Å². The van der Waals surface area contributed by atoms with Crippen LogP contribution in [0.15, 0.2) is 36.7 Å². The fraction of sp³-hybridized carbons (Fsp3) is 0. The van der Waals surface area contributed by atoms with Crippen molar-refractivity contribution in [1.82, 2.24) is 4.98 Å². The molecule has 1 aromatic heterocycles. The van der Waals surface area contributed by atoms with Gasteiger partial charge in [0.25, 0.3) is 0 Å². The van der Waals surface area contributed by atoms with Crippen LogP contribution in [-0.2, 0) is 0 Å². The highest BCUT2D eigenvalue weighted by Crippen LogP contribution is 2.27. The number of rotatable bonds is 3. The summed E-state index contributed by atoms with van der Waals surface area (Å²) in [7, 11) is 0. The first kappa shape index (κ1) is 12.4. The van der Waals surface area contributed by atoms with Gasteiger partial charge in [-0.25, -0.2) is 8.78 Å². The summed E-state index contributed by atoms with van der Waals surface area (Å²) in [5, 5.41) is 0. The molecule has 1 aromatic carbocycles. The zero-order valence-electron chi connectivity index (χ0n) is 9.06. The van der Waals surface area contributed by atoms with Crippen molar-refractivity contribution in [1.29, 1.82) is 0 Å². The van der Waals surface area contributed by atoms with Crippen LogP contribution in [-0.4, -0.2) is 9.97 Å². The van der Waals surface area contributed by atoms with Gasteiger partial charge in [-0.15, -0.1) is 0 Å². The number of hydrogen-bond donors (Lipinski definition) is 1. The fourth-order valence-electron chi connectivity index (χ4n) is 1.34. The van der Waals surface area contributed by atoms with Crippen molar-refractivity contribution in [2.45, 2.75) is 0 Å². The molecule has 3 nitrogen and oxygen atoms in total. The zero-order chi connectivity index (χ0) is 13.1. The molecule has 0 amide bonds. The lowest BCUT2D eigenvalue weighted by atomic mass is 10.2. The van der Waals surface area contributed by atoms with Crippen LogP contribution in [0.4, 0.5) is 8.78 Å². The maximum Gasteiger partial charge on any atom is 0.166 e. The Morgan fingerprint density at radius 3 is 2.72 bits per heavy atom. The van der Waals surface area contributed by atoms with Gasteiger partial charge in [0.1, 0.15) is 10.8 Å². The van der Waals surface area contributed by atoms with Crippen LogP contribution >= 0.6 is 12.2 Å². The van der Waals surface area contributed by atoms with E-state index >= 15 is 0 Å². The van der Waals surface area contributed by atoms with Gasteiger partial charge in [-0.3, -0.25) is 4.98 Å². The molecule has 0 atom stereocenters. The third kappa shape index (κ3) is 2.60. The molecule has 2 rings (SSSR count). The largest absolute Gasteiger partial charge is 0.452 e. The van der Waals surface area contributed by atoms with Crippen LogP contribution in [0.5, 0.6) is 11.5 Å². The maximum absolute atomic E-state index is 13.4. The molecule has 1 heterocycles. The summed E-state index contributed by atoms with van der Waals surface area (Å²) in [6.45, 7) is 0. The first-order valence-corrected chi connectivity index (χ1v) is 5.35. The normalized spacial score (nSPS) is 10.1. The molecule has 0 aliphatic heterocycles. The number of thiocarbonyl (C=S) groups is 1. The molecule has 92 valence electrons. The van der Waals surface area contributed by atoms with Crippen LogP contribution in [0.2, 0.25) is 0 Å². The van der Waals surface area contributed by atoms with Crippen molar-refractivity contribution in [3.05, 3.63) is 53.9 Å². The molecule has 0 aliphatic rings. The summed E-state index contributed by atoms with van der Waals surface area (Å²) in [6.07, 6.45) is 2.81. The Morgan fingerprint density at radius 1 is 1.22 bits per heavy atom. The van der Waals surface area contributed by atoms with Gasteiger partial charge in [0.15, 0.2) is 17.3 Å². The van der Waals surface area contributed by atoms with E-state index in [1.165, 1.54) is 18.5 Å². The average Bonchev–Trinajstić information content (AvgIpc) is 2.34. The van der Waals surface area contributed by atoms with Gasteiger partial charge in [-0.1, -0.05) is 12.2 Å². The van der Waals surface area contributed by atoms with Crippen molar-refractivity contribution >= 4 is 17.2 Å². The summed E-state index contributed by atoms with van der Waals surface area (Å²) in [5.74, 6) is -1.36. The lowest BCUT2D eigenvalue weighted by Crippen LogP contribution is -2.11. The van der Waals surface area contributed by atoms with E-state index < -0.39 is 11.6 Å². The minimum atomic E-state index is -0.686. The molecular weight excluding hydrogens is 258 g/mol. The van der Waals surface area contributed by atoms with Gasteiger partial charge < -0.3 is 10.5 Å². The zero-order valence-corrected chi connectivity index (χ0v) is 9.88. The first-order valence-electron chi connectivity index (χ1n) is 4.94. The molecule has 0 aliphatic carbocycles. The summed E-state index contributed by atoms with van der Waals surface area (Å²) >= 11 is 4.83. The SMILES string of the molecule is NC(=S)c1ccncc1Oc1cc(F)ccc1F. The minimum Gasteiger partial charge on any atom is -0.452 e. The third-order valence-electron chi connectivity index (χ3n) is 2.16. The lowest BCUT2D eigenvalue weighted by Gasteiger charge is -2.10. The molecular formula is C12H8F2N2OS. The van der Waals surface area contributed by atoms with Crippen LogP contribution < -0.4 is 10.5 Å². The maximum atomic E-state index is 13.4.